The van der Waals surface area contributed by atoms with Crippen molar-refractivity contribution in [3.8, 4) is 11.5 Å². The maximum Gasteiger partial charge on any atom is 0.514 e. The Bertz CT molecular complexity index is 1150. The Morgan fingerprint density at radius 2 is 1.28 bits per heavy atom. The summed E-state index contributed by atoms with van der Waals surface area (Å²) in [5.41, 5.74) is 2.07. The van der Waals surface area contributed by atoms with Crippen LogP contribution in [0.15, 0.2) is 36.4 Å². The van der Waals surface area contributed by atoms with Gasteiger partial charge in [-0.2, -0.15) is 0 Å². The van der Waals surface area contributed by atoms with Gasteiger partial charge in [0.2, 0.25) is 0 Å². The van der Waals surface area contributed by atoms with E-state index >= 15 is 0 Å². The Morgan fingerprint density at radius 3 is 1.78 bits per heavy atom. The molecule has 170 valence electrons. The zero-order valence-corrected chi connectivity index (χ0v) is 19.5. The molecule has 0 heterocycles. The summed E-state index contributed by atoms with van der Waals surface area (Å²) in [5, 5.41) is 2.69. The lowest BCUT2D eigenvalue weighted by molar-refractivity contribution is 0.0719. The van der Waals surface area contributed by atoms with Gasteiger partial charge in [0.1, 0.15) is 5.75 Å². The molecule has 0 saturated heterocycles. The van der Waals surface area contributed by atoms with Gasteiger partial charge in [-0.25, -0.2) is 9.59 Å². The summed E-state index contributed by atoms with van der Waals surface area (Å²) >= 11 is 0. The number of benzene rings is 3. The molecule has 3 aromatic rings. The van der Waals surface area contributed by atoms with Gasteiger partial charge in [-0.05, 0) is 57.7 Å². The fourth-order valence-corrected chi connectivity index (χ4v) is 3.67. The van der Waals surface area contributed by atoms with Crippen molar-refractivity contribution in [1.29, 1.82) is 0 Å². The van der Waals surface area contributed by atoms with Crippen molar-refractivity contribution in [3.05, 3.63) is 47.5 Å². The molecule has 0 N–H and O–H groups in total. The summed E-state index contributed by atoms with van der Waals surface area (Å²) in [6.07, 6.45) is -0.678. The smallest absolute Gasteiger partial charge is 0.431 e. The molecule has 3 rings (SSSR count). The van der Waals surface area contributed by atoms with Crippen molar-refractivity contribution >= 4 is 33.9 Å². The summed E-state index contributed by atoms with van der Waals surface area (Å²) in [6, 6.07) is 11.4. The van der Waals surface area contributed by atoms with Crippen molar-refractivity contribution in [2.24, 2.45) is 0 Å². The lowest BCUT2D eigenvalue weighted by atomic mass is 9.93. The molecule has 32 heavy (non-hydrogen) atoms. The van der Waals surface area contributed by atoms with Gasteiger partial charge in [-0.1, -0.05) is 44.2 Å². The monoisotopic (exact) mass is 438 g/mol. The average molecular weight is 439 g/mol. The number of carbonyl (C=O) groups excluding carboxylic acids is 2. The molecule has 0 aliphatic heterocycles. The largest absolute Gasteiger partial charge is 0.514 e. The molecule has 6 heteroatoms. The van der Waals surface area contributed by atoms with E-state index in [4.69, 9.17) is 18.9 Å². The summed E-state index contributed by atoms with van der Waals surface area (Å²) in [5.74, 6) is 0.779. The van der Waals surface area contributed by atoms with Gasteiger partial charge in [-0.15, -0.1) is 0 Å². The minimum atomic E-state index is -0.778. The number of aryl methyl sites for hydroxylation is 2. The first-order valence-electron chi connectivity index (χ1n) is 11.0. The second kappa shape index (κ2) is 9.90. The highest BCUT2D eigenvalue weighted by Crippen LogP contribution is 2.45. The molecule has 0 atom stereocenters. The van der Waals surface area contributed by atoms with Gasteiger partial charge in [0.05, 0.1) is 12.2 Å². The van der Waals surface area contributed by atoms with Crippen LogP contribution in [0.4, 0.5) is 9.59 Å². The van der Waals surface area contributed by atoms with E-state index in [0.717, 1.165) is 22.9 Å². The molecule has 0 aliphatic rings. The average Bonchev–Trinajstić information content (AvgIpc) is 2.73. The van der Waals surface area contributed by atoms with Crippen molar-refractivity contribution in [3.63, 3.8) is 0 Å². The molecule has 0 radical (unpaired) electrons. The van der Waals surface area contributed by atoms with Gasteiger partial charge < -0.3 is 18.9 Å². The number of rotatable bonds is 6. The van der Waals surface area contributed by atoms with Crippen LogP contribution in [-0.4, -0.2) is 24.5 Å². The minimum absolute atomic E-state index is 0.314. The third kappa shape index (κ3) is 4.96. The highest BCUT2D eigenvalue weighted by atomic mass is 16.7. The van der Waals surface area contributed by atoms with E-state index < -0.39 is 12.3 Å². The maximum atomic E-state index is 12.5. The van der Waals surface area contributed by atoms with Gasteiger partial charge in [-0.3, -0.25) is 0 Å². The van der Waals surface area contributed by atoms with E-state index in [-0.39, 0.29) is 12.2 Å². The van der Waals surface area contributed by atoms with Crippen LogP contribution in [0.3, 0.4) is 0 Å². The Kier molecular flexibility index (Phi) is 7.23. The van der Waals surface area contributed by atoms with Crippen molar-refractivity contribution in [1.82, 2.24) is 0 Å². The third-order valence-corrected chi connectivity index (χ3v) is 4.99. The van der Waals surface area contributed by atoms with E-state index in [1.165, 1.54) is 0 Å². The summed E-state index contributed by atoms with van der Waals surface area (Å²) in [6.45, 7) is 11.2. The van der Waals surface area contributed by atoms with Crippen LogP contribution in [0.1, 0.15) is 52.7 Å². The lowest BCUT2D eigenvalue weighted by Gasteiger charge is -2.19. The van der Waals surface area contributed by atoms with Gasteiger partial charge in [0, 0.05) is 21.5 Å². The zero-order valence-electron chi connectivity index (χ0n) is 19.5. The SMILES string of the molecule is CCc1cc(CC)c2c(OC(=O)OC(C)C)c3ccccc3c(OC(=O)OC(C)C)c2c1. The van der Waals surface area contributed by atoms with E-state index in [1.807, 2.05) is 37.3 Å². The standard InChI is InChI=1S/C26H30O6/c1-7-17-13-18(8-2)22-21(14-17)23(31-25(27)29-15(3)4)19-11-9-10-12-20(19)24(22)32-26(28)30-16(5)6/h9-16H,7-8H2,1-6H3. The van der Waals surface area contributed by atoms with Crippen molar-refractivity contribution < 1.29 is 28.5 Å². The van der Waals surface area contributed by atoms with Crippen molar-refractivity contribution in [2.75, 3.05) is 0 Å². The number of hydrogen-bond acceptors (Lipinski definition) is 6. The van der Waals surface area contributed by atoms with Crippen LogP contribution < -0.4 is 9.47 Å². The van der Waals surface area contributed by atoms with Gasteiger partial charge >= 0.3 is 12.3 Å². The predicted molar refractivity (Wildman–Crippen MR) is 125 cm³/mol. The number of carbonyl (C=O) groups is 2. The van der Waals surface area contributed by atoms with E-state index in [0.29, 0.717) is 34.1 Å². The molecular formula is C26H30O6. The fourth-order valence-electron chi connectivity index (χ4n) is 3.67. The van der Waals surface area contributed by atoms with Crippen LogP contribution in [0.25, 0.3) is 21.5 Å². The first kappa shape index (κ1) is 23.4. The Balaban J connectivity index is 2.36. The highest BCUT2D eigenvalue weighted by Gasteiger charge is 2.24. The van der Waals surface area contributed by atoms with Gasteiger partial charge in [0.15, 0.2) is 5.75 Å². The molecular weight excluding hydrogens is 408 g/mol. The van der Waals surface area contributed by atoms with Crippen molar-refractivity contribution in [2.45, 2.75) is 66.6 Å². The Labute approximate surface area is 188 Å². The molecule has 3 aromatic carbocycles. The fraction of sp³-hybridized carbons (Fsp3) is 0.385. The normalized spacial score (nSPS) is 11.2. The predicted octanol–water partition coefficient (Wildman–Crippen LogP) is 6.97. The molecule has 6 nitrogen and oxygen atoms in total. The number of fused-ring (bicyclic) bond motifs is 2. The Morgan fingerprint density at radius 1 is 0.750 bits per heavy atom. The molecule has 0 fully saturated rings. The topological polar surface area (TPSA) is 71.1 Å². The highest BCUT2D eigenvalue weighted by molar-refractivity contribution is 6.13. The molecule has 0 bridgehead atoms. The van der Waals surface area contributed by atoms with Crippen LogP contribution in [0, 0.1) is 0 Å². The molecule has 0 saturated carbocycles. The van der Waals surface area contributed by atoms with E-state index in [1.54, 1.807) is 27.7 Å². The second-order valence-corrected chi connectivity index (χ2v) is 8.13. The first-order chi connectivity index (χ1) is 15.2. The summed E-state index contributed by atoms with van der Waals surface area (Å²) < 4.78 is 22.0. The van der Waals surface area contributed by atoms with E-state index in [2.05, 4.69) is 13.0 Å². The zero-order chi connectivity index (χ0) is 23.4. The molecule has 0 unspecified atom stereocenters. The summed E-state index contributed by atoms with van der Waals surface area (Å²) in [4.78, 5) is 24.9. The molecule has 0 amide bonds. The second-order valence-electron chi connectivity index (χ2n) is 8.13. The quantitative estimate of drug-likeness (QED) is 0.235. The number of hydrogen-bond donors (Lipinski definition) is 0. The Hall–Kier alpha value is -3.28. The third-order valence-electron chi connectivity index (χ3n) is 4.99. The van der Waals surface area contributed by atoms with Crippen LogP contribution >= 0.6 is 0 Å². The molecule has 0 aromatic heterocycles. The van der Waals surface area contributed by atoms with Crippen LogP contribution in [-0.2, 0) is 22.3 Å². The molecule has 0 aliphatic carbocycles. The minimum Gasteiger partial charge on any atom is -0.431 e. The summed E-state index contributed by atoms with van der Waals surface area (Å²) in [7, 11) is 0. The molecule has 0 spiro atoms. The van der Waals surface area contributed by atoms with Gasteiger partial charge in [0.25, 0.3) is 0 Å². The number of ether oxygens (including phenoxy) is 4. The first-order valence-corrected chi connectivity index (χ1v) is 11.0. The van der Waals surface area contributed by atoms with Crippen LogP contribution in [0.2, 0.25) is 0 Å². The lowest BCUT2D eigenvalue weighted by Crippen LogP contribution is -2.17. The maximum absolute atomic E-state index is 12.5. The van der Waals surface area contributed by atoms with E-state index in [9.17, 15) is 9.59 Å². The van der Waals surface area contributed by atoms with Crippen LogP contribution in [0.5, 0.6) is 11.5 Å².